The van der Waals surface area contributed by atoms with E-state index in [0.717, 1.165) is 5.56 Å². The van der Waals surface area contributed by atoms with Crippen molar-refractivity contribution in [2.75, 3.05) is 6.61 Å². The number of carbonyl (C=O) groups excluding carboxylic acids is 1. The molecule has 0 saturated heterocycles. The summed E-state index contributed by atoms with van der Waals surface area (Å²) in [6.45, 7) is 1.55. The number of furan rings is 1. The molecule has 15 heavy (non-hydrogen) atoms. The largest absolute Gasteiger partial charge is 0.461 e. The number of rotatable bonds is 4. The zero-order valence-corrected chi connectivity index (χ0v) is 7.83. The second kappa shape index (κ2) is 4.13. The van der Waals surface area contributed by atoms with E-state index in [1.165, 1.54) is 18.8 Å². The van der Waals surface area contributed by atoms with Crippen LogP contribution in [0.25, 0.3) is 11.0 Å². The van der Waals surface area contributed by atoms with Crippen molar-refractivity contribution in [2.24, 2.45) is 0 Å². The lowest BCUT2D eigenvalue weighted by Crippen LogP contribution is -1.95. The highest BCUT2D eigenvalue weighted by atomic mass is 19.1. The molecule has 0 spiro atoms. The lowest BCUT2D eigenvalue weighted by Gasteiger charge is -1.96. The molecule has 1 radical (unpaired) electrons. The number of ether oxygens (including phenoxy) is 1. The molecule has 0 fully saturated rings. The fraction of sp³-hybridized carbons (Fsp3) is 0.182. The van der Waals surface area contributed by atoms with E-state index in [1.54, 1.807) is 12.1 Å². The minimum atomic E-state index is -0.387. The van der Waals surface area contributed by atoms with Gasteiger partial charge in [-0.15, -0.1) is 0 Å². The fourth-order valence-corrected chi connectivity index (χ4v) is 1.47. The number of fused-ring (bicyclic) bond motifs is 1. The van der Waals surface area contributed by atoms with Crippen molar-refractivity contribution in [3.8, 4) is 0 Å². The van der Waals surface area contributed by atoms with Gasteiger partial charge in [-0.25, -0.2) is 9.18 Å². The first-order valence-corrected chi connectivity index (χ1v) is 4.46. The summed E-state index contributed by atoms with van der Waals surface area (Å²) in [4.78, 5) is 9.82. The van der Waals surface area contributed by atoms with Crippen LogP contribution in [0.2, 0.25) is 0 Å². The Morgan fingerprint density at radius 1 is 1.47 bits per heavy atom. The number of para-hydroxylation sites is 1. The summed E-state index contributed by atoms with van der Waals surface area (Å²) in [5.41, 5.74) is 1.06. The molecule has 4 heteroatoms. The standard InChI is InChI=1S/C11H8FO3/c12-10-3-1-2-9-8(4-5-14-7-13)6-15-11(9)10/h1-3,6H,4-5H2. The van der Waals surface area contributed by atoms with Crippen molar-refractivity contribution in [1.29, 1.82) is 0 Å². The maximum absolute atomic E-state index is 13.2. The van der Waals surface area contributed by atoms with E-state index in [9.17, 15) is 9.18 Å². The molecule has 0 atom stereocenters. The van der Waals surface area contributed by atoms with Crippen LogP contribution in [0, 0.1) is 5.82 Å². The molecule has 1 heterocycles. The summed E-state index contributed by atoms with van der Waals surface area (Å²) in [7, 11) is 0. The van der Waals surface area contributed by atoms with Crippen molar-refractivity contribution < 1.29 is 18.3 Å². The summed E-state index contributed by atoms with van der Waals surface area (Å²) >= 11 is 0. The molecule has 77 valence electrons. The van der Waals surface area contributed by atoms with Gasteiger partial charge in [-0.1, -0.05) is 12.1 Å². The van der Waals surface area contributed by atoms with E-state index in [4.69, 9.17) is 4.42 Å². The Morgan fingerprint density at radius 2 is 2.33 bits per heavy atom. The van der Waals surface area contributed by atoms with Crippen LogP contribution in [0.5, 0.6) is 0 Å². The summed E-state index contributed by atoms with van der Waals surface area (Å²) in [5.74, 6) is -0.387. The Morgan fingerprint density at radius 3 is 3.13 bits per heavy atom. The van der Waals surface area contributed by atoms with E-state index in [0.29, 0.717) is 11.8 Å². The van der Waals surface area contributed by atoms with E-state index in [-0.39, 0.29) is 18.0 Å². The molecule has 0 bridgehead atoms. The second-order valence-corrected chi connectivity index (χ2v) is 3.06. The molecule has 0 aliphatic rings. The highest BCUT2D eigenvalue weighted by molar-refractivity contribution is 5.81. The summed E-state index contributed by atoms with van der Waals surface area (Å²) in [5, 5.41) is 0.712. The first-order valence-electron chi connectivity index (χ1n) is 4.46. The zero-order chi connectivity index (χ0) is 10.7. The van der Waals surface area contributed by atoms with Crippen LogP contribution in [-0.4, -0.2) is 13.1 Å². The lowest BCUT2D eigenvalue weighted by molar-refractivity contribution is 0.281. The summed E-state index contributed by atoms with van der Waals surface area (Å²) < 4.78 is 22.7. The smallest absolute Gasteiger partial charge is 0.417 e. The van der Waals surface area contributed by atoms with E-state index in [2.05, 4.69) is 4.74 Å². The fourth-order valence-electron chi connectivity index (χ4n) is 1.47. The van der Waals surface area contributed by atoms with Gasteiger partial charge in [0, 0.05) is 17.4 Å². The molecule has 0 unspecified atom stereocenters. The minimum absolute atomic E-state index is 0.217. The van der Waals surface area contributed by atoms with Crippen molar-refractivity contribution in [3.63, 3.8) is 0 Å². The molecule has 0 saturated carbocycles. The number of benzene rings is 1. The molecule has 1 aromatic heterocycles. The van der Waals surface area contributed by atoms with Gasteiger partial charge in [-0.2, -0.15) is 0 Å². The summed E-state index contributed by atoms with van der Waals surface area (Å²) in [6, 6.07) is 4.72. The van der Waals surface area contributed by atoms with Gasteiger partial charge in [-0.05, 0) is 6.07 Å². The van der Waals surface area contributed by atoms with Gasteiger partial charge in [0.05, 0.1) is 12.9 Å². The Kier molecular flexibility index (Phi) is 2.67. The monoisotopic (exact) mass is 207 g/mol. The first-order chi connectivity index (χ1) is 7.33. The third-order valence-electron chi connectivity index (χ3n) is 2.16. The molecular formula is C11H8FO3. The van der Waals surface area contributed by atoms with Crippen LogP contribution in [0.3, 0.4) is 0 Å². The average molecular weight is 207 g/mol. The first kappa shape index (κ1) is 9.71. The predicted octanol–water partition coefficient (Wildman–Crippen LogP) is 2.20. The SMILES string of the molecule is O=[C]OCCc1coc2c(F)cccc12. The van der Waals surface area contributed by atoms with Gasteiger partial charge >= 0.3 is 6.47 Å². The maximum Gasteiger partial charge on any atom is 0.417 e. The van der Waals surface area contributed by atoms with E-state index < -0.39 is 0 Å². The minimum Gasteiger partial charge on any atom is -0.461 e. The van der Waals surface area contributed by atoms with Crippen LogP contribution in [0.4, 0.5) is 4.39 Å². The average Bonchev–Trinajstić information content (AvgIpc) is 2.64. The van der Waals surface area contributed by atoms with Crippen LogP contribution >= 0.6 is 0 Å². The van der Waals surface area contributed by atoms with E-state index in [1.807, 2.05) is 0 Å². The van der Waals surface area contributed by atoms with Crippen LogP contribution in [0.1, 0.15) is 5.56 Å². The van der Waals surface area contributed by atoms with Gasteiger partial charge in [0.2, 0.25) is 0 Å². The van der Waals surface area contributed by atoms with Crippen LogP contribution in [-0.2, 0) is 16.0 Å². The van der Waals surface area contributed by atoms with Gasteiger partial charge < -0.3 is 9.15 Å². The maximum atomic E-state index is 13.2. The second-order valence-electron chi connectivity index (χ2n) is 3.06. The van der Waals surface area contributed by atoms with Crippen LogP contribution in [0.15, 0.2) is 28.9 Å². The molecule has 0 aliphatic heterocycles. The Bertz CT molecular complexity index is 476. The highest BCUT2D eigenvalue weighted by Gasteiger charge is 2.09. The number of hydrogen-bond acceptors (Lipinski definition) is 3. The molecule has 1 aromatic carbocycles. The molecule has 2 rings (SSSR count). The predicted molar refractivity (Wildman–Crippen MR) is 51.5 cm³/mol. The van der Waals surface area contributed by atoms with Gasteiger partial charge in [0.1, 0.15) is 0 Å². The van der Waals surface area contributed by atoms with Gasteiger partial charge in [0.15, 0.2) is 11.4 Å². The zero-order valence-electron chi connectivity index (χ0n) is 7.83. The van der Waals surface area contributed by atoms with Crippen LogP contribution < -0.4 is 0 Å². The molecule has 2 aromatic rings. The molecule has 0 amide bonds. The quantitative estimate of drug-likeness (QED) is 0.721. The number of hydrogen-bond donors (Lipinski definition) is 0. The molecule has 0 aliphatic carbocycles. The Labute approximate surface area is 85.4 Å². The Balaban J connectivity index is 2.28. The molecule has 0 N–H and O–H groups in total. The topological polar surface area (TPSA) is 39.4 Å². The highest BCUT2D eigenvalue weighted by Crippen LogP contribution is 2.23. The van der Waals surface area contributed by atoms with Crippen molar-refractivity contribution >= 4 is 17.4 Å². The summed E-state index contributed by atoms with van der Waals surface area (Å²) in [6.07, 6.45) is 1.97. The lowest BCUT2D eigenvalue weighted by atomic mass is 10.1. The van der Waals surface area contributed by atoms with Gasteiger partial charge in [-0.3, -0.25) is 0 Å². The third kappa shape index (κ3) is 1.83. The van der Waals surface area contributed by atoms with Crippen molar-refractivity contribution in [3.05, 3.63) is 35.8 Å². The third-order valence-corrected chi connectivity index (χ3v) is 2.16. The van der Waals surface area contributed by atoms with Crippen molar-refractivity contribution in [2.45, 2.75) is 6.42 Å². The molecule has 3 nitrogen and oxygen atoms in total. The Hall–Kier alpha value is -1.84. The van der Waals surface area contributed by atoms with Crippen molar-refractivity contribution in [1.82, 2.24) is 0 Å². The number of halogens is 1. The van der Waals surface area contributed by atoms with E-state index >= 15 is 0 Å². The molecular weight excluding hydrogens is 199 g/mol. The van der Waals surface area contributed by atoms with Gasteiger partial charge in [0.25, 0.3) is 0 Å². The normalized spacial score (nSPS) is 10.5.